The number of carbonyl (C=O) groups is 1. The quantitative estimate of drug-likeness (QED) is 0.284. The van der Waals surface area contributed by atoms with E-state index in [1.54, 1.807) is 0 Å². The van der Waals surface area contributed by atoms with Gasteiger partial charge in [0, 0.05) is 17.7 Å². The Hall–Kier alpha value is -2.76. The maximum atomic E-state index is 11.7. The molecule has 6 atom stereocenters. The SMILES string of the molecule is CCCSc1nc(NC2CC2c2ccccc2)c2nnn([C@H]3C[C@@H](C(N)=O)[C@H](O)[C@@H]3O)c2n1. The molecule has 11 heteroatoms. The number of nitrogens with one attached hydrogen (secondary N) is 1. The topological polar surface area (TPSA) is 152 Å². The number of carbonyl (C=O) groups excluding carboxylic acids is 1. The second-order valence-electron chi connectivity index (χ2n) is 8.71. The number of fused-ring (bicyclic) bond motifs is 1. The van der Waals surface area contributed by atoms with E-state index in [4.69, 9.17) is 10.7 Å². The molecular weight excluding hydrogens is 442 g/mol. The summed E-state index contributed by atoms with van der Waals surface area (Å²) in [6.45, 7) is 2.09. The van der Waals surface area contributed by atoms with Gasteiger partial charge in [-0.2, -0.15) is 0 Å². The zero-order valence-electron chi connectivity index (χ0n) is 18.2. The Morgan fingerprint density at radius 1 is 1.21 bits per heavy atom. The minimum atomic E-state index is -1.25. The monoisotopic (exact) mass is 469 g/mol. The molecule has 174 valence electrons. The molecule has 2 aliphatic carbocycles. The normalized spacial score (nSPS) is 28.8. The number of nitrogens with zero attached hydrogens (tertiary/aromatic N) is 5. The van der Waals surface area contributed by atoms with Gasteiger partial charge in [0.05, 0.1) is 18.1 Å². The first-order chi connectivity index (χ1) is 16.0. The average molecular weight is 470 g/mol. The number of hydrogen-bond donors (Lipinski definition) is 4. The Labute approximate surface area is 195 Å². The van der Waals surface area contributed by atoms with Crippen LogP contribution in [0.2, 0.25) is 0 Å². The van der Waals surface area contributed by atoms with E-state index >= 15 is 0 Å². The van der Waals surface area contributed by atoms with Crippen molar-refractivity contribution >= 4 is 34.7 Å². The Morgan fingerprint density at radius 2 is 2.00 bits per heavy atom. The van der Waals surface area contributed by atoms with Crippen LogP contribution in [-0.4, -0.2) is 65.1 Å². The number of aliphatic hydroxyl groups excluding tert-OH is 2. The van der Waals surface area contributed by atoms with Crippen LogP contribution >= 0.6 is 11.8 Å². The first-order valence-electron chi connectivity index (χ1n) is 11.2. The first-order valence-corrected chi connectivity index (χ1v) is 12.2. The van der Waals surface area contributed by atoms with Gasteiger partial charge < -0.3 is 21.3 Å². The number of benzene rings is 1. The van der Waals surface area contributed by atoms with E-state index in [-0.39, 0.29) is 12.5 Å². The molecule has 2 unspecified atom stereocenters. The fraction of sp³-hybridized carbons (Fsp3) is 0.500. The van der Waals surface area contributed by atoms with Crippen molar-refractivity contribution in [1.82, 2.24) is 25.0 Å². The molecule has 0 spiro atoms. The molecule has 0 aliphatic heterocycles. The Bertz CT molecular complexity index is 1160. The maximum Gasteiger partial charge on any atom is 0.223 e. The lowest BCUT2D eigenvalue weighted by Gasteiger charge is -2.17. The molecule has 0 radical (unpaired) electrons. The number of primary amides is 1. The maximum absolute atomic E-state index is 11.7. The minimum Gasteiger partial charge on any atom is -0.390 e. The third kappa shape index (κ3) is 4.16. The van der Waals surface area contributed by atoms with E-state index in [0.29, 0.717) is 28.1 Å². The molecule has 10 nitrogen and oxygen atoms in total. The number of rotatable bonds is 8. The summed E-state index contributed by atoms with van der Waals surface area (Å²) in [4.78, 5) is 21.1. The highest BCUT2D eigenvalue weighted by Gasteiger charge is 2.46. The van der Waals surface area contributed by atoms with Gasteiger partial charge in [0.1, 0.15) is 6.10 Å². The lowest BCUT2D eigenvalue weighted by Crippen LogP contribution is -2.35. The summed E-state index contributed by atoms with van der Waals surface area (Å²) in [5.74, 6) is 0.367. The molecule has 2 aliphatic rings. The van der Waals surface area contributed by atoms with E-state index in [0.717, 1.165) is 18.6 Å². The summed E-state index contributed by atoms with van der Waals surface area (Å²) in [6.07, 6.45) is -0.318. The molecule has 5 rings (SSSR count). The predicted molar refractivity (Wildman–Crippen MR) is 124 cm³/mol. The minimum absolute atomic E-state index is 0.166. The number of hydrogen-bond acceptors (Lipinski definition) is 9. The van der Waals surface area contributed by atoms with Gasteiger partial charge in [-0.1, -0.05) is 54.2 Å². The van der Waals surface area contributed by atoms with Crippen LogP contribution < -0.4 is 11.1 Å². The van der Waals surface area contributed by atoms with Crippen molar-refractivity contribution in [3.63, 3.8) is 0 Å². The highest BCUT2D eigenvalue weighted by molar-refractivity contribution is 7.99. The van der Waals surface area contributed by atoms with E-state index in [9.17, 15) is 15.0 Å². The highest BCUT2D eigenvalue weighted by Crippen LogP contribution is 2.43. The molecule has 2 saturated carbocycles. The molecule has 1 aromatic carbocycles. The van der Waals surface area contributed by atoms with Crippen LogP contribution in [0.4, 0.5) is 5.82 Å². The Kier molecular flexibility index (Phi) is 5.94. The van der Waals surface area contributed by atoms with Gasteiger partial charge in [-0.3, -0.25) is 4.79 Å². The molecular formula is C22H27N7O3S. The van der Waals surface area contributed by atoms with Crippen LogP contribution in [-0.2, 0) is 4.79 Å². The molecule has 5 N–H and O–H groups in total. The van der Waals surface area contributed by atoms with Crippen LogP contribution in [0.25, 0.3) is 11.2 Å². The Balaban J connectivity index is 1.47. The predicted octanol–water partition coefficient (Wildman–Crippen LogP) is 1.46. The lowest BCUT2D eigenvalue weighted by molar-refractivity contribution is -0.125. The number of anilines is 1. The second kappa shape index (κ2) is 8.88. The largest absolute Gasteiger partial charge is 0.390 e. The molecule has 33 heavy (non-hydrogen) atoms. The van der Waals surface area contributed by atoms with Crippen molar-refractivity contribution in [3.05, 3.63) is 35.9 Å². The van der Waals surface area contributed by atoms with Gasteiger partial charge in [0.15, 0.2) is 22.1 Å². The van der Waals surface area contributed by atoms with Gasteiger partial charge in [-0.15, -0.1) is 5.10 Å². The molecule has 1 amide bonds. The zero-order chi connectivity index (χ0) is 23.1. The fourth-order valence-corrected chi connectivity index (χ4v) is 5.22. The van der Waals surface area contributed by atoms with E-state index in [1.807, 2.05) is 18.2 Å². The van der Waals surface area contributed by atoms with Gasteiger partial charge in [-0.05, 0) is 24.8 Å². The Morgan fingerprint density at radius 3 is 2.70 bits per heavy atom. The zero-order valence-corrected chi connectivity index (χ0v) is 19.0. The molecule has 3 aromatic rings. The van der Waals surface area contributed by atoms with E-state index in [1.165, 1.54) is 22.0 Å². The molecule has 0 bridgehead atoms. The lowest BCUT2D eigenvalue weighted by atomic mass is 10.1. The smallest absolute Gasteiger partial charge is 0.223 e. The number of aromatic nitrogens is 5. The number of amides is 1. The third-order valence-corrected chi connectivity index (χ3v) is 7.46. The summed E-state index contributed by atoms with van der Waals surface area (Å²) >= 11 is 1.54. The summed E-state index contributed by atoms with van der Waals surface area (Å²) < 4.78 is 1.50. The van der Waals surface area contributed by atoms with Crippen LogP contribution in [0.3, 0.4) is 0 Å². The fourth-order valence-electron chi connectivity index (χ4n) is 4.52. The van der Waals surface area contributed by atoms with Crippen molar-refractivity contribution in [1.29, 1.82) is 0 Å². The molecule has 0 saturated heterocycles. The number of nitrogens with two attached hydrogens (primary N) is 1. The summed E-state index contributed by atoms with van der Waals surface area (Å²) in [7, 11) is 0. The summed E-state index contributed by atoms with van der Waals surface area (Å²) in [5.41, 5.74) is 7.65. The third-order valence-electron chi connectivity index (χ3n) is 6.41. The van der Waals surface area contributed by atoms with Crippen molar-refractivity contribution in [2.45, 2.75) is 61.6 Å². The van der Waals surface area contributed by atoms with Crippen molar-refractivity contribution in [2.75, 3.05) is 11.1 Å². The average Bonchev–Trinajstić information content (AvgIpc) is 3.35. The van der Waals surface area contributed by atoms with Crippen molar-refractivity contribution in [3.8, 4) is 0 Å². The van der Waals surface area contributed by atoms with Gasteiger partial charge >= 0.3 is 0 Å². The van der Waals surface area contributed by atoms with Crippen LogP contribution in [0.5, 0.6) is 0 Å². The van der Waals surface area contributed by atoms with Crippen molar-refractivity contribution in [2.24, 2.45) is 11.7 Å². The highest BCUT2D eigenvalue weighted by atomic mass is 32.2. The summed E-state index contributed by atoms with van der Waals surface area (Å²) in [6, 6.07) is 9.92. The van der Waals surface area contributed by atoms with Gasteiger partial charge in [-0.25, -0.2) is 14.6 Å². The van der Waals surface area contributed by atoms with Crippen LogP contribution in [0.1, 0.15) is 43.7 Å². The van der Waals surface area contributed by atoms with Gasteiger partial charge in [0.25, 0.3) is 0 Å². The standard InChI is InChI=1S/C22H27N7O3S/c1-2-8-33-22-25-20(24-14-9-12(14)11-6-4-3-5-7-11)16-21(26-22)29(28-27-16)15-10-13(19(23)32)17(30)18(15)31/h3-7,12-15,17-18,30-31H,2,8-10H2,1H3,(H2,23,32)(H,24,25,26)/t12?,13-,14?,15+,17+,18-/m1/s1. The summed E-state index contributed by atoms with van der Waals surface area (Å²) in [5, 5.41) is 33.5. The van der Waals surface area contributed by atoms with E-state index in [2.05, 4.69) is 39.7 Å². The number of aliphatic hydroxyl groups is 2. The number of thioether (sulfide) groups is 1. The van der Waals surface area contributed by atoms with Crippen molar-refractivity contribution < 1.29 is 15.0 Å². The molecule has 2 aromatic heterocycles. The van der Waals surface area contributed by atoms with Crippen LogP contribution in [0, 0.1) is 5.92 Å². The first kappa shape index (κ1) is 22.1. The molecule has 2 fully saturated rings. The second-order valence-corrected chi connectivity index (χ2v) is 9.77. The van der Waals surface area contributed by atoms with Crippen LogP contribution in [0.15, 0.2) is 35.5 Å². The molecule has 2 heterocycles. The van der Waals surface area contributed by atoms with E-state index < -0.39 is 30.1 Å². The van der Waals surface area contributed by atoms with Gasteiger partial charge in [0.2, 0.25) is 5.91 Å².